The molecule has 1 aliphatic rings. The monoisotopic (exact) mass is 420 g/mol. The Balaban J connectivity index is 1.60. The van der Waals surface area contributed by atoms with Gasteiger partial charge >= 0.3 is 0 Å². The molecule has 0 saturated carbocycles. The number of nitrogens with one attached hydrogen (secondary N) is 1. The summed E-state index contributed by atoms with van der Waals surface area (Å²) in [5.41, 5.74) is 2.79. The SMILES string of the molecule is CC[C@H](Nc1ncnc2ccc(-c3ccc(OC)nc3)cc12)C(=O)N1CCN(C)CC1. The molecule has 1 aliphatic heterocycles. The topological polar surface area (TPSA) is 83.5 Å². The Labute approximate surface area is 182 Å². The Bertz CT molecular complexity index is 1050. The summed E-state index contributed by atoms with van der Waals surface area (Å²) in [7, 11) is 3.68. The van der Waals surface area contributed by atoms with E-state index in [0.29, 0.717) is 18.1 Å². The second-order valence-electron chi connectivity index (χ2n) is 7.78. The number of carbonyl (C=O) groups is 1. The van der Waals surface area contributed by atoms with Crippen molar-refractivity contribution in [3.8, 4) is 17.0 Å². The molecule has 0 unspecified atom stereocenters. The molecule has 0 radical (unpaired) electrons. The number of methoxy groups -OCH3 is 1. The maximum absolute atomic E-state index is 13.1. The van der Waals surface area contributed by atoms with Crippen molar-refractivity contribution in [2.75, 3.05) is 45.7 Å². The van der Waals surface area contributed by atoms with E-state index in [9.17, 15) is 4.79 Å². The van der Waals surface area contributed by atoms with Crippen LogP contribution in [0.1, 0.15) is 13.3 Å². The molecule has 0 aliphatic carbocycles. The van der Waals surface area contributed by atoms with E-state index in [1.54, 1.807) is 13.3 Å². The summed E-state index contributed by atoms with van der Waals surface area (Å²) in [5, 5.41) is 4.26. The number of rotatable bonds is 6. The molecule has 4 rings (SSSR count). The van der Waals surface area contributed by atoms with E-state index in [1.807, 2.05) is 42.2 Å². The number of likely N-dealkylation sites (N-methyl/N-ethyl adjacent to an activating group) is 1. The minimum absolute atomic E-state index is 0.123. The quantitative estimate of drug-likeness (QED) is 0.656. The summed E-state index contributed by atoms with van der Waals surface area (Å²) < 4.78 is 5.15. The van der Waals surface area contributed by atoms with Crippen molar-refractivity contribution in [1.82, 2.24) is 24.8 Å². The van der Waals surface area contributed by atoms with Gasteiger partial charge in [0, 0.05) is 49.4 Å². The van der Waals surface area contributed by atoms with Gasteiger partial charge in [0.05, 0.1) is 12.6 Å². The number of aromatic nitrogens is 3. The van der Waals surface area contributed by atoms with Crippen molar-refractivity contribution in [3.05, 3.63) is 42.9 Å². The molecule has 0 bridgehead atoms. The summed E-state index contributed by atoms with van der Waals surface area (Å²) >= 11 is 0. The molecule has 1 amide bonds. The highest BCUT2D eigenvalue weighted by molar-refractivity contribution is 5.94. The average molecular weight is 421 g/mol. The van der Waals surface area contributed by atoms with Crippen LogP contribution >= 0.6 is 0 Å². The Morgan fingerprint density at radius 2 is 1.87 bits per heavy atom. The van der Waals surface area contributed by atoms with Gasteiger partial charge in [-0.3, -0.25) is 4.79 Å². The summed E-state index contributed by atoms with van der Waals surface area (Å²) in [4.78, 5) is 30.4. The number of nitrogens with zero attached hydrogens (tertiary/aromatic N) is 5. The number of amides is 1. The molecule has 3 heterocycles. The predicted molar refractivity (Wildman–Crippen MR) is 121 cm³/mol. The number of fused-ring (bicyclic) bond motifs is 1. The van der Waals surface area contributed by atoms with E-state index < -0.39 is 0 Å². The number of pyridine rings is 1. The van der Waals surface area contributed by atoms with Gasteiger partial charge in [-0.2, -0.15) is 0 Å². The molecule has 1 fully saturated rings. The molecule has 8 heteroatoms. The van der Waals surface area contributed by atoms with Gasteiger partial charge < -0.3 is 19.9 Å². The van der Waals surface area contributed by atoms with E-state index in [-0.39, 0.29) is 11.9 Å². The van der Waals surface area contributed by atoms with Gasteiger partial charge in [-0.1, -0.05) is 13.0 Å². The van der Waals surface area contributed by atoms with Gasteiger partial charge in [-0.25, -0.2) is 15.0 Å². The molecule has 0 spiro atoms. The van der Waals surface area contributed by atoms with E-state index in [2.05, 4.69) is 32.2 Å². The number of anilines is 1. The zero-order valence-corrected chi connectivity index (χ0v) is 18.2. The van der Waals surface area contributed by atoms with Gasteiger partial charge in [0.25, 0.3) is 0 Å². The lowest BCUT2D eigenvalue weighted by Gasteiger charge is -2.34. The zero-order valence-electron chi connectivity index (χ0n) is 18.2. The number of carbonyl (C=O) groups excluding carboxylic acids is 1. The van der Waals surface area contributed by atoms with Gasteiger partial charge in [0.2, 0.25) is 11.8 Å². The normalized spacial score (nSPS) is 15.6. The lowest BCUT2D eigenvalue weighted by molar-refractivity contribution is -0.133. The molecular weight excluding hydrogens is 392 g/mol. The van der Waals surface area contributed by atoms with Crippen LogP contribution in [0.25, 0.3) is 22.0 Å². The number of benzene rings is 1. The molecule has 31 heavy (non-hydrogen) atoms. The lowest BCUT2D eigenvalue weighted by atomic mass is 10.0. The second-order valence-corrected chi connectivity index (χ2v) is 7.78. The Morgan fingerprint density at radius 3 is 2.55 bits per heavy atom. The highest BCUT2D eigenvalue weighted by Gasteiger charge is 2.26. The third kappa shape index (κ3) is 4.59. The molecule has 1 atom stereocenters. The summed E-state index contributed by atoms with van der Waals surface area (Å²) in [6.07, 6.45) is 3.99. The number of hydrogen-bond acceptors (Lipinski definition) is 7. The first-order valence-corrected chi connectivity index (χ1v) is 10.6. The van der Waals surface area contributed by atoms with Crippen molar-refractivity contribution >= 4 is 22.6 Å². The van der Waals surface area contributed by atoms with Crippen LogP contribution in [0.2, 0.25) is 0 Å². The first kappa shape index (κ1) is 21.0. The van der Waals surface area contributed by atoms with Crippen molar-refractivity contribution in [1.29, 1.82) is 0 Å². The third-order valence-electron chi connectivity index (χ3n) is 5.75. The largest absolute Gasteiger partial charge is 0.481 e. The smallest absolute Gasteiger partial charge is 0.245 e. The van der Waals surface area contributed by atoms with Crippen LogP contribution in [-0.4, -0.2) is 77.0 Å². The minimum Gasteiger partial charge on any atom is -0.481 e. The van der Waals surface area contributed by atoms with Crippen LogP contribution < -0.4 is 10.1 Å². The Kier molecular flexibility index (Phi) is 6.27. The van der Waals surface area contributed by atoms with Crippen molar-refractivity contribution in [2.24, 2.45) is 0 Å². The lowest BCUT2D eigenvalue weighted by Crippen LogP contribution is -2.51. The zero-order chi connectivity index (χ0) is 21.8. The van der Waals surface area contributed by atoms with Crippen LogP contribution in [-0.2, 0) is 4.79 Å². The molecule has 2 aromatic heterocycles. The number of ether oxygens (including phenoxy) is 1. The average Bonchev–Trinajstić information content (AvgIpc) is 2.82. The van der Waals surface area contributed by atoms with E-state index >= 15 is 0 Å². The standard InChI is InChI=1S/C23H28N6O2/c1-4-19(23(30)29-11-9-28(2)10-12-29)27-22-18-13-16(5-7-20(18)25-15-26-22)17-6-8-21(31-3)24-14-17/h5-8,13-15,19H,4,9-12H2,1-3H3,(H,25,26,27)/t19-/m0/s1. The summed E-state index contributed by atoms with van der Waals surface area (Å²) in [6.45, 7) is 5.33. The Hall–Kier alpha value is -3.26. The maximum Gasteiger partial charge on any atom is 0.245 e. The molecule has 1 saturated heterocycles. The molecule has 1 aromatic carbocycles. The van der Waals surface area contributed by atoms with E-state index in [0.717, 1.165) is 48.2 Å². The van der Waals surface area contributed by atoms with Crippen LogP contribution in [0.3, 0.4) is 0 Å². The van der Waals surface area contributed by atoms with E-state index in [4.69, 9.17) is 4.74 Å². The van der Waals surface area contributed by atoms with Crippen LogP contribution in [0, 0.1) is 0 Å². The molecule has 3 aromatic rings. The first-order valence-electron chi connectivity index (χ1n) is 10.6. The van der Waals surface area contributed by atoms with Crippen molar-refractivity contribution in [2.45, 2.75) is 19.4 Å². The van der Waals surface area contributed by atoms with Gasteiger partial charge in [-0.15, -0.1) is 0 Å². The predicted octanol–water partition coefficient (Wildman–Crippen LogP) is 2.66. The summed E-state index contributed by atoms with van der Waals surface area (Å²) in [6, 6.07) is 9.49. The van der Waals surface area contributed by atoms with Gasteiger partial charge in [-0.05, 0) is 37.2 Å². The van der Waals surface area contributed by atoms with Crippen LogP contribution in [0.5, 0.6) is 5.88 Å². The van der Waals surface area contributed by atoms with Crippen molar-refractivity contribution in [3.63, 3.8) is 0 Å². The van der Waals surface area contributed by atoms with Crippen LogP contribution in [0.4, 0.5) is 5.82 Å². The molecule has 1 N–H and O–H groups in total. The fourth-order valence-corrected chi connectivity index (χ4v) is 3.77. The van der Waals surface area contributed by atoms with Crippen LogP contribution in [0.15, 0.2) is 42.9 Å². The van der Waals surface area contributed by atoms with Gasteiger partial charge in [0.15, 0.2) is 0 Å². The summed E-state index contributed by atoms with van der Waals surface area (Å²) in [5.74, 6) is 1.36. The highest BCUT2D eigenvalue weighted by Crippen LogP contribution is 2.28. The van der Waals surface area contributed by atoms with Gasteiger partial charge in [0.1, 0.15) is 18.2 Å². The minimum atomic E-state index is -0.326. The molecular formula is C23H28N6O2. The maximum atomic E-state index is 13.1. The number of piperazine rings is 1. The highest BCUT2D eigenvalue weighted by atomic mass is 16.5. The first-order chi connectivity index (χ1) is 15.1. The third-order valence-corrected chi connectivity index (χ3v) is 5.75. The fourth-order valence-electron chi connectivity index (χ4n) is 3.77. The van der Waals surface area contributed by atoms with Crippen molar-refractivity contribution < 1.29 is 9.53 Å². The fraction of sp³-hybridized carbons (Fsp3) is 0.391. The Morgan fingerprint density at radius 1 is 1.10 bits per heavy atom. The van der Waals surface area contributed by atoms with E-state index in [1.165, 1.54) is 6.33 Å². The molecule has 162 valence electrons. The molecule has 8 nitrogen and oxygen atoms in total. The second kappa shape index (κ2) is 9.26. The number of hydrogen-bond donors (Lipinski definition) is 1.